The number of nitrogen functional groups attached to an aromatic ring is 1. The fourth-order valence-electron chi connectivity index (χ4n) is 2.67. The maximum atomic E-state index is 12.2. The van der Waals surface area contributed by atoms with Gasteiger partial charge in [-0.15, -0.1) is 0 Å². The fourth-order valence-corrected chi connectivity index (χ4v) is 4.98. The number of nitrogens with two attached hydrogens (primary N) is 1. The fraction of sp³-hybridized carbons (Fsp3) is 0.615. The third kappa shape index (κ3) is 2.74. The van der Waals surface area contributed by atoms with Crippen molar-refractivity contribution in [2.45, 2.75) is 37.2 Å². The molecule has 3 heterocycles. The molecule has 0 spiro atoms. The van der Waals surface area contributed by atoms with Gasteiger partial charge >= 0.3 is 0 Å². The van der Waals surface area contributed by atoms with Crippen molar-refractivity contribution in [2.24, 2.45) is 0 Å². The lowest BCUT2D eigenvalue weighted by molar-refractivity contribution is 0.520. The van der Waals surface area contributed by atoms with Gasteiger partial charge in [0.1, 0.15) is 5.52 Å². The first-order valence-electron chi connectivity index (χ1n) is 7.24. The Balaban J connectivity index is 1.75. The third-order valence-corrected chi connectivity index (χ3v) is 7.51. The topological polar surface area (TPSA) is 102 Å². The predicted molar refractivity (Wildman–Crippen MR) is 88.9 cm³/mol. The smallest absolute Gasteiger partial charge is 0.226 e. The molecule has 22 heavy (non-hydrogen) atoms. The van der Waals surface area contributed by atoms with Gasteiger partial charge in [-0.1, -0.05) is 11.3 Å². The van der Waals surface area contributed by atoms with Crippen molar-refractivity contribution in [1.29, 1.82) is 0 Å². The first kappa shape index (κ1) is 15.4. The van der Waals surface area contributed by atoms with Crippen LogP contribution in [0.5, 0.6) is 0 Å². The molecule has 0 unspecified atom stereocenters. The summed E-state index contributed by atoms with van der Waals surface area (Å²) < 4.78 is 24.5. The summed E-state index contributed by atoms with van der Waals surface area (Å²) >= 11 is 1.33. The van der Waals surface area contributed by atoms with E-state index in [2.05, 4.69) is 15.0 Å². The quantitative estimate of drug-likeness (QED) is 0.901. The van der Waals surface area contributed by atoms with E-state index >= 15 is 0 Å². The van der Waals surface area contributed by atoms with Gasteiger partial charge < -0.3 is 10.6 Å². The van der Waals surface area contributed by atoms with Crippen molar-refractivity contribution in [3.8, 4) is 0 Å². The Morgan fingerprint density at radius 3 is 2.64 bits per heavy atom. The summed E-state index contributed by atoms with van der Waals surface area (Å²) in [6.07, 6.45) is 2.90. The van der Waals surface area contributed by atoms with Crippen LogP contribution in [0, 0.1) is 0 Å². The molecule has 0 aliphatic carbocycles. The Morgan fingerprint density at radius 2 is 2.00 bits per heavy atom. The SMILES string of the molecule is CC(C)S(=O)(=O)C1CCN(c2ncc3nc(N)sc3n2)CC1. The lowest BCUT2D eigenvalue weighted by atomic mass is 10.1. The van der Waals surface area contributed by atoms with Gasteiger partial charge in [0.15, 0.2) is 19.8 Å². The van der Waals surface area contributed by atoms with Crippen LogP contribution in [0.4, 0.5) is 11.1 Å². The molecule has 0 saturated carbocycles. The number of fused-ring (bicyclic) bond motifs is 1. The van der Waals surface area contributed by atoms with E-state index in [9.17, 15) is 8.42 Å². The van der Waals surface area contributed by atoms with E-state index in [-0.39, 0.29) is 10.5 Å². The number of nitrogens with zero attached hydrogens (tertiary/aromatic N) is 4. The maximum Gasteiger partial charge on any atom is 0.226 e. The van der Waals surface area contributed by atoms with Gasteiger partial charge in [-0.2, -0.15) is 4.98 Å². The van der Waals surface area contributed by atoms with Crippen LogP contribution in [-0.4, -0.2) is 47.0 Å². The Morgan fingerprint density at radius 1 is 1.32 bits per heavy atom. The van der Waals surface area contributed by atoms with Crippen LogP contribution in [0.1, 0.15) is 26.7 Å². The largest absolute Gasteiger partial charge is 0.375 e. The van der Waals surface area contributed by atoms with E-state index in [1.165, 1.54) is 11.3 Å². The van der Waals surface area contributed by atoms with Crippen molar-refractivity contribution < 1.29 is 8.42 Å². The molecule has 0 amide bonds. The molecule has 0 atom stereocenters. The summed E-state index contributed by atoms with van der Waals surface area (Å²) in [5.74, 6) is 0.622. The Bertz CT molecular complexity index is 779. The molecule has 0 aromatic carbocycles. The lowest BCUT2D eigenvalue weighted by Gasteiger charge is -2.32. The van der Waals surface area contributed by atoms with Crippen LogP contribution in [0.2, 0.25) is 0 Å². The third-order valence-electron chi connectivity index (χ3n) is 4.00. The number of rotatable bonds is 3. The molecule has 1 aliphatic rings. The second kappa shape index (κ2) is 5.62. The van der Waals surface area contributed by atoms with Crippen molar-refractivity contribution in [3.05, 3.63) is 6.20 Å². The minimum absolute atomic E-state index is 0.258. The molecule has 2 N–H and O–H groups in total. The molecule has 1 aliphatic heterocycles. The first-order chi connectivity index (χ1) is 10.4. The average molecular weight is 341 g/mol. The molecule has 2 aromatic heterocycles. The van der Waals surface area contributed by atoms with Gasteiger partial charge in [0.25, 0.3) is 0 Å². The van der Waals surface area contributed by atoms with Gasteiger partial charge in [-0.05, 0) is 26.7 Å². The van der Waals surface area contributed by atoms with Crippen LogP contribution in [0.3, 0.4) is 0 Å². The molecule has 1 fully saturated rings. The number of hydrogen-bond donors (Lipinski definition) is 1. The van der Waals surface area contributed by atoms with Crippen molar-refractivity contribution in [3.63, 3.8) is 0 Å². The molecule has 1 saturated heterocycles. The Kier molecular flexibility index (Phi) is 3.94. The van der Waals surface area contributed by atoms with Gasteiger partial charge in [0.2, 0.25) is 5.95 Å². The molecular formula is C13H19N5O2S2. The van der Waals surface area contributed by atoms with Crippen LogP contribution < -0.4 is 10.6 Å². The lowest BCUT2D eigenvalue weighted by Crippen LogP contribution is -2.42. The standard InChI is InChI=1S/C13H19N5O2S2/c1-8(2)22(19,20)9-3-5-18(6-4-9)13-15-7-10-11(17-13)21-12(14)16-10/h7-9H,3-6H2,1-2H3,(H2,14,16). The number of thiazole rings is 1. The summed E-state index contributed by atoms with van der Waals surface area (Å²) in [4.78, 5) is 15.7. The Labute approximate surface area is 133 Å². The summed E-state index contributed by atoms with van der Waals surface area (Å²) in [5, 5.41) is -0.105. The normalized spacial score (nSPS) is 17.5. The first-order valence-corrected chi connectivity index (χ1v) is 9.67. The van der Waals surface area contributed by atoms with E-state index < -0.39 is 9.84 Å². The molecule has 0 radical (unpaired) electrons. The van der Waals surface area contributed by atoms with E-state index in [1.54, 1.807) is 20.0 Å². The molecule has 7 nitrogen and oxygen atoms in total. The van der Waals surface area contributed by atoms with Gasteiger partial charge in [-0.25, -0.2) is 18.4 Å². The number of sulfone groups is 1. The molecule has 2 aromatic rings. The highest BCUT2D eigenvalue weighted by Crippen LogP contribution is 2.26. The van der Waals surface area contributed by atoms with E-state index in [0.717, 1.165) is 4.83 Å². The highest BCUT2D eigenvalue weighted by molar-refractivity contribution is 7.92. The summed E-state index contributed by atoms with van der Waals surface area (Å²) in [6.45, 7) is 4.78. The highest BCUT2D eigenvalue weighted by atomic mass is 32.2. The van der Waals surface area contributed by atoms with E-state index in [1.807, 2.05) is 4.90 Å². The van der Waals surface area contributed by atoms with Crippen molar-refractivity contribution >= 4 is 42.6 Å². The zero-order valence-corrected chi connectivity index (χ0v) is 14.2. The second-order valence-electron chi connectivity index (χ2n) is 5.74. The highest BCUT2D eigenvalue weighted by Gasteiger charge is 2.32. The van der Waals surface area contributed by atoms with Crippen LogP contribution >= 0.6 is 11.3 Å². The zero-order valence-electron chi connectivity index (χ0n) is 12.6. The maximum absolute atomic E-state index is 12.2. The number of hydrogen-bond acceptors (Lipinski definition) is 8. The number of aromatic nitrogens is 3. The van der Waals surface area contributed by atoms with Gasteiger partial charge in [0.05, 0.1) is 16.7 Å². The second-order valence-corrected chi connectivity index (χ2v) is 9.53. The minimum atomic E-state index is -3.03. The zero-order chi connectivity index (χ0) is 15.9. The monoisotopic (exact) mass is 341 g/mol. The van der Waals surface area contributed by atoms with Gasteiger partial charge in [-0.3, -0.25) is 0 Å². The molecule has 120 valence electrons. The molecule has 3 rings (SSSR count). The van der Waals surface area contributed by atoms with Crippen LogP contribution in [0.25, 0.3) is 10.3 Å². The number of anilines is 2. The number of piperidine rings is 1. The van der Waals surface area contributed by atoms with Crippen LogP contribution in [0.15, 0.2) is 6.20 Å². The van der Waals surface area contributed by atoms with Crippen molar-refractivity contribution in [2.75, 3.05) is 23.7 Å². The molecule has 0 bridgehead atoms. The Hall–Kier alpha value is -1.48. The molecule has 9 heteroatoms. The predicted octanol–water partition coefficient (Wildman–Crippen LogP) is 1.46. The summed E-state index contributed by atoms with van der Waals surface area (Å²) in [5.41, 5.74) is 6.37. The van der Waals surface area contributed by atoms with E-state index in [4.69, 9.17) is 5.73 Å². The average Bonchev–Trinajstić information content (AvgIpc) is 2.86. The molecular weight excluding hydrogens is 322 g/mol. The minimum Gasteiger partial charge on any atom is -0.375 e. The van der Waals surface area contributed by atoms with Crippen LogP contribution in [-0.2, 0) is 9.84 Å². The van der Waals surface area contributed by atoms with Gasteiger partial charge in [0, 0.05) is 13.1 Å². The summed E-state index contributed by atoms with van der Waals surface area (Å²) in [7, 11) is -3.03. The summed E-state index contributed by atoms with van der Waals surface area (Å²) in [6, 6.07) is 0. The van der Waals surface area contributed by atoms with E-state index in [0.29, 0.717) is 42.5 Å². The van der Waals surface area contributed by atoms with Crippen molar-refractivity contribution in [1.82, 2.24) is 15.0 Å².